The summed E-state index contributed by atoms with van der Waals surface area (Å²) >= 11 is 0. The van der Waals surface area contributed by atoms with E-state index < -0.39 is 4.92 Å². The molecule has 1 aromatic carbocycles. The zero-order valence-corrected chi connectivity index (χ0v) is 14.1. The summed E-state index contributed by atoms with van der Waals surface area (Å²) in [6.45, 7) is 2.43. The van der Waals surface area contributed by atoms with Gasteiger partial charge in [0, 0.05) is 23.7 Å². The Bertz CT molecular complexity index is 663. The van der Waals surface area contributed by atoms with Crippen LogP contribution in [0.3, 0.4) is 0 Å². The van der Waals surface area contributed by atoms with E-state index in [4.69, 9.17) is 0 Å². The number of rotatable bonds is 4. The molecule has 4 saturated carbocycles. The second kappa shape index (κ2) is 5.57. The fraction of sp³-hybridized carbons (Fsp3) is 0.632. The van der Waals surface area contributed by atoms with E-state index in [2.05, 4.69) is 5.32 Å². The average Bonchev–Trinajstić information content (AvgIpc) is 2.51. The number of nitrogens with zero attached hydrogens (tertiary/aromatic N) is 1. The first-order valence-electron chi connectivity index (χ1n) is 8.97. The lowest BCUT2D eigenvalue weighted by atomic mass is 9.49. The monoisotopic (exact) mass is 328 g/mol. The highest BCUT2D eigenvalue weighted by molar-refractivity contribution is 5.94. The Morgan fingerprint density at radius 3 is 2.29 bits per heavy atom. The Morgan fingerprint density at radius 2 is 1.79 bits per heavy atom. The summed E-state index contributed by atoms with van der Waals surface area (Å²) in [5, 5.41) is 14.0. The molecule has 0 heterocycles. The van der Waals surface area contributed by atoms with Crippen molar-refractivity contribution in [3.63, 3.8) is 0 Å². The Labute approximate surface area is 142 Å². The predicted molar refractivity (Wildman–Crippen MR) is 90.8 cm³/mol. The number of nitro benzene ring substituents is 1. The number of hydrogen-bond acceptors (Lipinski definition) is 3. The average molecular weight is 328 g/mol. The summed E-state index contributed by atoms with van der Waals surface area (Å²) in [6.07, 6.45) is 7.98. The molecule has 1 aromatic rings. The van der Waals surface area contributed by atoms with Crippen molar-refractivity contribution in [3.05, 3.63) is 39.4 Å². The predicted octanol–water partition coefficient (Wildman–Crippen LogP) is 3.85. The molecule has 4 aliphatic carbocycles. The summed E-state index contributed by atoms with van der Waals surface area (Å²) < 4.78 is 0. The van der Waals surface area contributed by atoms with Gasteiger partial charge in [0.15, 0.2) is 0 Å². The molecule has 0 atom stereocenters. The Morgan fingerprint density at radius 1 is 1.21 bits per heavy atom. The number of amides is 1. The Kier molecular flexibility index (Phi) is 3.62. The molecule has 0 aliphatic heterocycles. The van der Waals surface area contributed by atoms with Crippen LogP contribution < -0.4 is 5.32 Å². The maximum Gasteiger partial charge on any atom is 0.272 e. The van der Waals surface area contributed by atoms with Gasteiger partial charge in [-0.3, -0.25) is 14.9 Å². The minimum absolute atomic E-state index is 0.0626. The smallest absolute Gasteiger partial charge is 0.272 e. The van der Waals surface area contributed by atoms with Crippen LogP contribution in [-0.4, -0.2) is 17.4 Å². The number of carbonyl (C=O) groups excluding carboxylic acids is 1. The normalized spacial score (nSPS) is 33.5. The third kappa shape index (κ3) is 2.70. The lowest BCUT2D eigenvalue weighted by Gasteiger charge is -2.56. The van der Waals surface area contributed by atoms with Crippen LogP contribution in [0, 0.1) is 40.2 Å². The number of benzene rings is 1. The number of aryl methyl sites for hydroxylation is 1. The van der Waals surface area contributed by atoms with Gasteiger partial charge in [0.2, 0.25) is 0 Å². The van der Waals surface area contributed by atoms with Crippen LogP contribution in [0.5, 0.6) is 0 Å². The summed E-state index contributed by atoms with van der Waals surface area (Å²) in [4.78, 5) is 23.0. The summed E-state index contributed by atoms with van der Waals surface area (Å²) in [7, 11) is 0. The highest BCUT2D eigenvalue weighted by Gasteiger charge is 2.50. The van der Waals surface area contributed by atoms with Gasteiger partial charge >= 0.3 is 0 Å². The van der Waals surface area contributed by atoms with E-state index in [0.717, 1.165) is 24.3 Å². The van der Waals surface area contributed by atoms with Crippen LogP contribution >= 0.6 is 0 Å². The number of nitro groups is 1. The van der Waals surface area contributed by atoms with Crippen LogP contribution in [0.4, 0.5) is 5.69 Å². The molecule has 1 N–H and O–H groups in total. The molecular formula is C19H24N2O3. The van der Waals surface area contributed by atoms with E-state index in [1.165, 1.54) is 44.6 Å². The van der Waals surface area contributed by atoms with E-state index in [0.29, 0.717) is 16.5 Å². The van der Waals surface area contributed by atoms with E-state index in [-0.39, 0.29) is 11.6 Å². The van der Waals surface area contributed by atoms with E-state index in [1.54, 1.807) is 19.1 Å². The van der Waals surface area contributed by atoms with Crippen molar-refractivity contribution in [2.24, 2.45) is 23.2 Å². The van der Waals surface area contributed by atoms with E-state index >= 15 is 0 Å². The first kappa shape index (κ1) is 15.6. The zero-order chi connectivity index (χ0) is 16.9. The Hall–Kier alpha value is -1.91. The second-order valence-electron chi connectivity index (χ2n) is 8.36. The largest absolute Gasteiger partial charge is 0.351 e. The van der Waals surface area contributed by atoms with Crippen LogP contribution in [-0.2, 0) is 0 Å². The molecule has 4 aliphatic rings. The van der Waals surface area contributed by atoms with Crippen LogP contribution in [0.1, 0.15) is 54.4 Å². The molecule has 128 valence electrons. The maximum atomic E-state index is 12.5. The molecule has 0 spiro atoms. The molecule has 1 amide bonds. The molecule has 5 rings (SSSR count). The van der Waals surface area contributed by atoms with E-state index in [9.17, 15) is 14.9 Å². The van der Waals surface area contributed by atoms with Gasteiger partial charge in [-0.05, 0) is 80.8 Å². The van der Waals surface area contributed by atoms with Gasteiger partial charge in [-0.1, -0.05) is 0 Å². The third-order valence-electron chi connectivity index (χ3n) is 6.44. The van der Waals surface area contributed by atoms with Gasteiger partial charge in [0.1, 0.15) is 0 Å². The lowest BCUT2D eigenvalue weighted by molar-refractivity contribution is -0.385. The van der Waals surface area contributed by atoms with E-state index in [1.807, 2.05) is 0 Å². The molecule has 4 fully saturated rings. The first-order valence-corrected chi connectivity index (χ1v) is 8.97. The lowest BCUT2D eigenvalue weighted by Crippen LogP contribution is -2.51. The first-order chi connectivity index (χ1) is 11.4. The molecule has 5 nitrogen and oxygen atoms in total. The summed E-state index contributed by atoms with van der Waals surface area (Å²) in [5.41, 5.74) is 1.41. The molecule has 0 saturated heterocycles. The van der Waals surface area contributed by atoms with Crippen molar-refractivity contribution in [2.75, 3.05) is 6.54 Å². The summed E-state index contributed by atoms with van der Waals surface area (Å²) in [6, 6.07) is 4.60. The zero-order valence-electron chi connectivity index (χ0n) is 14.1. The molecule has 0 aromatic heterocycles. The van der Waals surface area contributed by atoms with Gasteiger partial charge in [-0.2, -0.15) is 0 Å². The second-order valence-corrected chi connectivity index (χ2v) is 8.36. The quantitative estimate of drug-likeness (QED) is 0.674. The fourth-order valence-corrected chi connectivity index (χ4v) is 5.88. The van der Waals surface area contributed by atoms with Crippen molar-refractivity contribution in [1.82, 2.24) is 5.32 Å². The maximum absolute atomic E-state index is 12.5. The molecule has 4 bridgehead atoms. The van der Waals surface area contributed by atoms with Crippen molar-refractivity contribution >= 4 is 11.6 Å². The molecular weight excluding hydrogens is 304 g/mol. The van der Waals surface area contributed by atoms with Crippen molar-refractivity contribution in [3.8, 4) is 0 Å². The fourth-order valence-electron chi connectivity index (χ4n) is 5.88. The minimum Gasteiger partial charge on any atom is -0.351 e. The standard InChI is InChI=1S/C19H24N2O3/c1-12-4-16(2-3-17(12)21(23)24)18(22)20-11-19-8-13-5-14(9-19)7-15(6-13)10-19/h2-4,13-15H,5-11H2,1H3,(H,20,22). The minimum atomic E-state index is -0.410. The highest BCUT2D eigenvalue weighted by Crippen LogP contribution is 2.59. The van der Waals surface area contributed by atoms with Crippen LogP contribution in [0.25, 0.3) is 0 Å². The summed E-state index contributed by atoms with van der Waals surface area (Å²) in [5.74, 6) is 2.50. The highest BCUT2D eigenvalue weighted by atomic mass is 16.6. The molecule has 24 heavy (non-hydrogen) atoms. The number of nitrogens with one attached hydrogen (secondary N) is 1. The number of carbonyl (C=O) groups is 1. The topological polar surface area (TPSA) is 72.2 Å². The molecule has 0 unspecified atom stereocenters. The Balaban J connectivity index is 1.44. The van der Waals surface area contributed by atoms with Gasteiger partial charge < -0.3 is 5.32 Å². The number of hydrogen-bond donors (Lipinski definition) is 1. The third-order valence-corrected chi connectivity index (χ3v) is 6.44. The van der Waals surface area contributed by atoms with Gasteiger partial charge in [0.05, 0.1) is 4.92 Å². The van der Waals surface area contributed by atoms with Crippen LogP contribution in [0.2, 0.25) is 0 Å². The van der Waals surface area contributed by atoms with Crippen LogP contribution in [0.15, 0.2) is 18.2 Å². The SMILES string of the molecule is Cc1cc(C(=O)NCC23CC4CC(CC(C4)C2)C3)ccc1[N+](=O)[O-]. The van der Waals surface area contributed by atoms with Gasteiger partial charge in [-0.15, -0.1) is 0 Å². The van der Waals surface area contributed by atoms with Crippen molar-refractivity contribution < 1.29 is 9.72 Å². The molecule has 0 radical (unpaired) electrons. The molecule has 5 heteroatoms. The van der Waals surface area contributed by atoms with Gasteiger partial charge in [-0.25, -0.2) is 0 Å². The van der Waals surface area contributed by atoms with Crippen molar-refractivity contribution in [1.29, 1.82) is 0 Å². The van der Waals surface area contributed by atoms with Gasteiger partial charge in [0.25, 0.3) is 11.6 Å². The van der Waals surface area contributed by atoms with Crippen molar-refractivity contribution in [2.45, 2.75) is 45.4 Å².